The zero-order valence-electron chi connectivity index (χ0n) is 6.90. The molecule has 1 aromatic rings. The second-order valence-electron chi connectivity index (χ2n) is 2.89. The van der Waals surface area contributed by atoms with Crippen LogP contribution in [0, 0.1) is 0 Å². The zero-order valence-corrected chi connectivity index (χ0v) is 9.39. The molecule has 0 saturated heterocycles. The average molecular weight is 255 g/mol. The molecule has 1 heterocycles. The van der Waals surface area contributed by atoms with E-state index in [1.165, 1.54) is 0 Å². The fourth-order valence-corrected chi connectivity index (χ4v) is 4.66. The van der Waals surface area contributed by atoms with Gasteiger partial charge in [0.2, 0.25) is 0 Å². The highest BCUT2D eigenvalue weighted by molar-refractivity contribution is 9.15. The second kappa shape index (κ2) is 2.97. The Morgan fingerprint density at radius 1 is 1.38 bits per heavy atom. The maximum atomic E-state index is 12.2. The van der Waals surface area contributed by atoms with E-state index < -0.39 is 7.14 Å². The molecule has 0 spiro atoms. The average Bonchev–Trinajstić information content (AvgIpc) is 2.42. The topological polar surface area (TPSA) is 17.1 Å². The Kier molecular flexibility index (Phi) is 2.05. The van der Waals surface area contributed by atoms with Crippen molar-refractivity contribution in [3.63, 3.8) is 0 Å². The van der Waals surface area contributed by atoms with Gasteiger partial charge in [-0.15, -0.1) is 0 Å². The van der Waals surface area contributed by atoms with Crippen LogP contribution in [0.5, 0.6) is 0 Å². The molecule has 1 aliphatic rings. The van der Waals surface area contributed by atoms with E-state index in [0.29, 0.717) is 0 Å². The Hall–Kier alpha value is -0.590. The Labute approximate surface area is 85.7 Å². The Bertz CT molecular complexity index is 448. The van der Waals surface area contributed by atoms with Crippen molar-refractivity contribution in [1.29, 1.82) is 0 Å². The fourth-order valence-electron chi connectivity index (χ4n) is 1.44. The molecule has 1 atom stereocenters. The van der Waals surface area contributed by atoms with Crippen LogP contribution in [0.3, 0.4) is 0 Å². The van der Waals surface area contributed by atoms with Crippen LogP contribution in [-0.4, -0.2) is 0 Å². The van der Waals surface area contributed by atoms with Crippen molar-refractivity contribution in [2.75, 3.05) is 0 Å². The van der Waals surface area contributed by atoms with E-state index >= 15 is 0 Å². The minimum absolute atomic E-state index is 0.886. The van der Waals surface area contributed by atoms with Gasteiger partial charge in [0.15, 0.2) is 7.14 Å². The maximum absolute atomic E-state index is 12.2. The Balaban J connectivity index is 2.76. The first-order valence-corrected chi connectivity index (χ1v) is 6.52. The highest BCUT2D eigenvalue weighted by Gasteiger charge is 2.28. The van der Waals surface area contributed by atoms with Crippen molar-refractivity contribution in [3.8, 4) is 0 Å². The molecule has 66 valence electrons. The van der Waals surface area contributed by atoms with E-state index in [1.54, 1.807) is 11.6 Å². The predicted molar refractivity (Wildman–Crippen MR) is 60.8 cm³/mol. The minimum atomic E-state index is -2.44. The lowest BCUT2D eigenvalue weighted by atomic mass is 10.2. The van der Waals surface area contributed by atoms with Crippen LogP contribution >= 0.6 is 23.1 Å². The summed E-state index contributed by atoms with van der Waals surface area (Å²) in [6.45, 7) is 3.62. The third-order valence-corrected chi connectivity index (χ3v) is 5.45. The van der Waals surface area contributed by atoms with Crippen LogP contribution in [0.2, 0.25) is 0 Å². The smallest absolute Gasteiger partial charge is 0.158 e. The van der Waals surface area contributed by atoms with Crippen molar-refractivity contribution in [2.24, 2.45) is 0 Å². The van der Waals surface area contributed by atoms with Crippen LogP contribution in [0.1, 0.15) is 5.56 Å². The molecular weight excluding hydrogens is 247 g/mol. The molecule has 13 heavy (non-hydrogen) atoms. The third kappa shape index (κ3) is 1.25. The number of halogens is 1. The highest BCUT2D eigenvalue weighted by atomic mass is 79.9. The summed E-state index contributed by atoms with van der Waals surface area (Å²) in [7, 11) is -2.44. The predicted octanol–water partition coefficient (Wildman–Crippen LogP) is 3.53. The number of rotatable bonds is 1. The quantitative estimate of drug-likeness (QED) is 0.701. The Morgan fingerprint density at radius 3 is 2.77 bits per heavy atom. The van der Waals surface area contributed by atoms with Gasteiger partial charge in [-0.3, -0.25) is 0 Å². The summed E-state index contributed by atoms with van der Waals surface area (Å²) >= 11 is 3.39. The third-order valence-electron chi connectivity index (χ3n) is 2.11. The second-order valence-corrected chi connectivity index (χ2v) is 6.26. The molecule has 0 aliphatic carbocycles. The molecule has 2 rings (SSSR count). The molecule has 0 amide bonds. The van der Waals surface area contributed by atoms with Crippen molar-refractivity contribution in [1.82, 2.24) is 0 Å². The molecule has 1 aliphatic heterocycles. The molecule has 0 aromatic heterocycles. The van der Waals surface area contributed by atoms with Crippen molar-refractivity contribution < 1.29 is 4.57 Å². The number of benzene rings is 1. The van der Waals surface area contributed by atoms with Crippen LogP contribution in [-0.2, 0) is 4.57 Å². The van der Waals surface area contributed by atoms with Crippen molar-refractivity contribution in [2.45, 2.75) is 0 Å². The lowest BCUT2D eigenvalue weighted by molar-refractivity contribution is 0.592. The monoisotopic (exact) mass is 254 g/mol. The highest BCUT2D eigenvalue weighted by Crippen LogP contribution is 2.56. The molecule has 1 unspecified atom stereocenters. The molecule has 0 bridgehead atoms. The zero-order chi connectivity index (χ0) is 9.47. The van der Waals surface area contributed by atoms with Gasteiger partial charge in [0.25, 0.3) is 0 Å². The van der Waals surface area contributed by atoms with Gasteiger partial charge < -0.3 is 4.57 Å². The molecule has 0 N–H and O–H groups in total. The molecule has 0 saturated carbocycles. The number of hydrogen-bond acceptors (Lipinski definition) is 1. The summed E-state index contributed by atoms with van der Waals surface area (Å²) in [4.78, 5) is 0. The first-order chi connectivity index (χ1) is 6.17. The van der Waals surface area contributed by atoms with Gasteiger partial charge >= 0.3 is 0 Å². The lowest BCUT2D eigenvalue weighted by Gasteiger charge is -2.04. The fraction of sp³-hybridized carbons (Fsp3) is 0. The normalized spacial score (nSPS) is 25.2. The summed E-state index contributed by atoms with van der Waals surface area (Å²) < 4.78 is 13.1. The SMILES string of the molecule is C=CP1(=O)C=C(Br)c2ccccc21. The number of hydrogen-bond donors (Lipinski definition) is 0. The van der Waals surface area contributed by atoms with Gasteiger partial charge in [-0.1, -0.05) is 30.8 Å². The van der Waals surface area contributed by atoms with Gasteiger partial charge in [0.05, 0.1) is 0 Å². The Morgan fingerprint density at radius 2 is 2.08 bits per heavy atom. The van der Waals surface area contributed by atoms with E-state index in [2.05, 4.69) is 22.5 Å². The summed E-state index contributed by atoms with van der Waals surface area (Å²) in [5.74, 6) is 3.30. The molecule has 3 heteroatoms. The van der Waals surface area contributed by atoms with E-state index in [0.717, 1.165) is 15.4 Å². The van der Waals surface area contributed by atoms with Gasteiger partial charge in [0.1, 0.15) is 0 Å². The summed E-state index contributed by atoms with van der Waals surface area (Å²) in [5, 5.41) is 0.886. The summed E-state index contributed by atoms with van der Waals surface area (Å²) in [6.07, 6.45) is 0. The van der Waals surface area contributed by atoms with Gasteiger partial charge in [-0.2, -0.15) is 0 Å². The van der Waals surface area contributed by atoms with Gasteiger partial charge in [-0.05, 0) is 27.6 Å². The lowest BCUT2D eigenvalue weighted by Crippen LogP contribution is -2.01. The van der Waals surface area contributed by atoms with E-state index in [-0.39, 0.29) is 0 Å². The largest absolute Gasteiger partial charge is 0.310 e. The molecule has 0 radical (unpaired) electrons. The van der Waals surface area contributed by atoms with E-state index in [4.69, 9.17) is 0 Å². The molecule has 1 aromatic carbocycles. The maximum Gasteiger partial charge on any atom is 0.158 e. The number of fused-ring (bicyclic) bond motifs is 1. The van der Waals surface area contributed by atoms with Crippen molar-refractivity contribution in [3.05, 3.63) is 48.0 Å². The first kappa shape index (κ1) is 8.98. The summed E-state index contributed by atoms with van der Waals surface area (Å²) in [5.41, 5.74) is 1.02. The van der Waals surface area contributed by atoms with Crippen LogP contribution in [0.15, 0.2) is 42.5 Å². The van der Waals surface area contributed by atoms with Crippen LogP contribution in [0.4, 0.5) is 0 Å². The van der Waals surface area contributed by atoms with E-state index in [1.807, 2.05) is 24.3 Å². The molecule has 1 nitrogen and oxygen atoms in total. The van der Waals surface area contributed by atoms with Crippen molar-refractivity contribution >= 4 is 32.9 Å². The van der Waals surface area contributed by atoms with Gasteiger partial charge in [0, 0.05) is 15.4 Å². The van der Waals surface area contributed by atoms with Crippen LogP contribution in [0.25, 0.3) is 4.48 Å². The molecular formula is C10H8BrOP. The molecule has 0 fully saturated rings. The standard InChI is InChI=1S/C10H8BrOP/c1-2-13(12)7-9(11)8-5-3-4-6-10(8)13/h2-7H,1H2. The first-order valence-electron chi connectivity index (χ1n) is 3.89. The van der Waals surface area contributed by atoms with Gasteiger partial charge in [-0.25, -0.2) is 0 Å². The van der Waals surface area contributed by atoms with Crippen LogP contribution < -0.4 is 5.30 Å². The van der Waals surface area contributed by atoms with E-state index in [9.17, 15) is 4.57 Å². The minimum Gasteiger partial charge on any atom is -0.310 e. The summed E-state index contributed by atoms with van der Waals surface area (Å²) in [6, 6.07) is 7.68.